The molecule has 6 nitrogen and oxygen atoms in total. The second-order valence-corrected chi connectivity index (χ2v) is 7.41. The number of hydrogen-bond donors (Lipinski definition) is 3. The van der Waals surface area contributed by atoms with Crippen molar-refractivity contribution in [1.29, 1.82) is 0 Å². The lowest BCUT2D eigenvalue weighted by atomic mass is 9.94. The second kappa shape index (κ2) is 7.94. The summed E-state index contributed by atoms with van der Waals surface area (Å²) in [5.74, 6) is -0.294. The van der Waals surface area contributed by atoms with E-state index in [0.29, 0.717) is 22.0 Å². The van der Waals surface area contributed by atoms with Crippen LogP contribution in [0.4, 0.5) is 16.2 Å². The maximum Gasteiger partial charge on any atom is 0.319 e. The highest BCUT2D eigenvalue weighted by Gasteiger charge is 2.31. The standard InChI is InChI=1S/C21H23ClN4O2/c1-12-5-8-15(22)11-17(12)24-20(27)18-13(2)23-21(28)25-19(18)14-6-9-16(10-7-14)26(3)4/h5-11,19H,1-4H3,(H,24,27)(H2,23,25,28)/t19-/m1/s1. The summed E-state index contributed by atoms with van der Waals surface area (Å²) in [6.45, 7) is 3.62. The second-order valence-electron chi connectivity index (χ2n) is 6.97. The molecule has 0 unspecified atom stereocenters. The van der Waals surface area contributed by atoms with Crippen molar-refractivity contribution in [2.75, 3.05) is 24.3 Å². The molecule has 1 aliphatic heterocycles. The molecule has 1 aliphatic rings. The highest BCUT2D eigenvalue weighted by Crippen LogP contribution is 2.30. The topological polar surface area (TPSA) is 73.5 Å². The molecular weight excluding hydrogens is 376 g/mol. The molecule has 1 atom stereocenters. The van der Waals surface area contributed by atoms with Crippen molar-refractivity contribution in [1.82, 2.24) is 10.6 Å². The summed E-state index contributed by atoms with van der Waals surface area (Å²) in [6.07, 6.45) is 0. The molecular formula is C21H23ClN4O2. The van der Waals surface area contributed by atoms with E-state index in [0.717, 1.165) is 16.8 Å². The molecule has 28 heavy (non-hydrogen) atoms. The maximum atomic E-state index is 13.1. The van der Waals surface area contributed by atoms with Crippen LogP contribution in [-0.2, 0) is 4.79 Å². The molecule has 0 radical (unpaired) electrons. The highest BCUT2D eigenvalue weighted by molar-refractivity contribution is 6.31. The van der Waals surface area contributed by atoms with Gasteiger partial charge in [0.05, 0.1) is 11.6 Å². The summed E-state index contributed by atoms with van der Waals surface area (Å²) in [4.78, 5) is 27.1. The van der Waals surface area contributed by atoms with E-state index in [4.69, 9.17) is 11.6 Å². The largest absolute Gasteiger partial charge is 0.378 e. The van der Waals surface area contributed by atoms with Gasteiger partial charge in [-0.2, -0.15) is 0 Å². The zero-order valence-electron chi connectivity index (χ0n) is 16.3. The van der Waals surface area contributed by atoms with Crippen molar-refractivity contribution in [3.63, 3.8) is 0 Å². The fraction of sp³-hybridized carbons (Fsp3) is 0.238. The Hall–Kier alpha value is -2.99. The first kappa shape index (κ1) is 19.8. The predicted octanol–water partition coefficient (Wildman–Crippen LogP) is 3.98. The molecule has 3 amide bonds. The van der Waals surface area contributed by atoms with Crippen molar-refractivity contribution >= 4 is 34.9 Å². The molecule has 0 bridgehead atoms. The van der Waals surface area contributed by atoms with Crippen molar-refractivity contribution < 1.29 is 9.59 Å². The lowest BCUT2D eigenvalue weighted by molar-refractivity contribution is -0.113. The Morgan fingerprint density at radius 1 is 1.11 bits per heavy atom. The average Bonchev–Trinajstić information content (AvgIpc) is 2.64. The third-order valence-corrected chi connectivity index (χ3v) is 4.94. The molecule has 0 spiro atoms. The quantitative estimate of drug-likeness (QED) is 0.729. The van der Waals surface area contributed by atoms with Gasteiger partial charge in [0, 0.05) is 36.2 Å². The number of hydrogen-bond acceptors (Lipinski definition) is 3. The zero-order chi connectivity index (χ0) is 20.4. The van der Waals surface area contributed by atoms with Crippen molar-refractivity contribution in [3.05, 3.63) is 69.9 Å². The Morgan fingerprint density at radius 2 is 1.79 bits per heavy atom. The summed E-state index contributed by atoms with van der Waals surface area (Å²) in [7, 11) is 3.91. The average molecular weight is 399 g/mol. The van der Waals surface area contributed by atoms with Crippen LogP contribution >= 0.6 is 11.6 Å². The number of carbonyl (C=O) groups is 2. The van der Waals surface area contributed by atoms with Crippen LogP contribution in [0.3, 0.4) is 0 Å². The number of carbonyl (C=O) groups excluding carboxylic acids is 2. The van der Waals surface area contributed by atoms with Gasteiger partial charge in [-0.15, -0.1) is 0 Å². The van der Waals surface area contributed by atoms with Crippen LogP contribution in [0.5, 0.6) is 0 Å². The first-order chi connectivity index (χ1) is 13.3. The van der Waals surface area contributed by atoms with Crippen LogP contribution in [0.25, 0.3) is 0 Å². The van der Waals surface area contributed by atoms with E-state index in [2.05, 4.69) is 16.0 Å². The van der Waals surface area contributed by atoms with Gasteiger partial charge in [0.15, 0.2) is 0 Å². The Balaban J connectivity index is 1.95. The van der Waals surface area contributed by atoms with Crippen molar-refractivity contribution in [3.8, 4) is 0 Å². The Labute approximate surface area is 169 Å². The Bertz CT molecular complexity index is 951. The molecule has 2 aromatic carbocycles. The van der Waals surface area contributed by atoms with Crippen LogP contribution in [0.1, 0.15) is 24.1 Å². The van der Waals surface area contributed by atoms with Gasteiger partial charge in [-0.3, -0.25) is 4.79 Å². The smallest absolute Gasteiger partial charge is 0.319 e. The van der Waals surface area contributed by atoms with Crippen LogP contribution in [-0.4, -0.2) is 26.0 Å². The van der Waals surface area contributed by atoms with E-state index >= 15 is 0 Å². The Morgan fingerprint density at radius 3 is 2.43 bits per heavy atom. The molecule has 146 valence electrons. The van der Waals surface area contributed by atoms with E-state index in [9.17, 15) is 9.59 Å². The highest BCUT2D eigenvalue weighted by atomic mass is 35.5. The minimum absolute atomic E-state index is 0.294. The number of nitrogens with zero attached hydrogens (tertiary/aromatic N) is 1. The summed E-state index contributed by atoms with van der Waals surface area (Å²) in [5.41, 5.74) is 4.37. The lowest BCUT2D eigenvalue weighted by Crippen LogP contribution is -2.46. The molecule has 0 aliphatic carbocycles. The van der Waals surface area contributed by atoms with Crippen molar-refractivity contribution in [2.24, 2.45) is 0 Å². The zero-order valence-corrected chi connectivity index (χ0v) is 17.0. The van der Waals surface area contributed by atoms with Gasteiger partial charge in [0.1, 0.15) is 0 Å². The number of amides is 3. The number of benzene rings is 2. The molecule has 0 saturated carbocycles. The van der Waals surface area contributed by atoms with Gasteiger partial charge in [0.2, 0.25) is 0 Å². The minimum Gasteiger partial charge on any atom is -0.378 e. The van der Waals surface area contributed by atoms with Crippen LogP contribution in [0.15, 0.2) is 53.7 Å². The van der Waals surface area contributed by atoms with Crippen LogP contribution in [0.2, 0.25) is 5.02 Å². The summed E-state index contributed by atoms with van der Waals surface area (Å²) < 4.78 is 0. The molecule has 3 N–H and O–H groups in total. The first-order valence-corrected chi connectivity index (χ1v) is 9.27. The molecule has 0 saturated heterocycles. The summed E-state index contributed by atoms with van der Waals surface area (Å²) >= 11 is 6.06. The number of rotatable bonds is 4. The number of urea groups is 1. The fourth-order valence-electron chi connectivity index (χ4n) is 3.13. The third kappa shape index (κ3) is 4.12. The van der Waals surface area contributed by atoms with Crippen molar-refractivity contribution in [2.45, 2.75) is 19.9 Å². The van der Waals surface area contributed by atoms with E-state index < -0.39 is 6.04 Å². The number of anilines is 2. The normalized spacial score (nSPS) is 16.3. The van der Waals surface area contributed by atoms with Gasteiger partial charge in [-0.05, 0) is 49.2 Å². The fourth-order valence-corrected chi connectivity index (χ4v) is 3.30. The molecule has 1 heterocycles. The molecule has 3 rings (SSSR count). The SMILES string of the molecule is CC1=C(C(=O)Nc2cc(Cl)ccc2C)[C@@H](c2ccc(N(C)C)cc2)NC(=O)N1. The first-order valence-electron chi connectivity index (χ1n) is 8.89. The van der Waals surface area contributed by atoms with E-state index in [1.54, 1.807) is 19.1 Å². The molecule has 0 aromatic heterocycles. The van der Waals surface area contributed by atoms with Crippen LogP contribution in [0, 0.1) is 6.92 Å². The predicted molar refractivity (Wildman–Crippen MR) is 113 cm³/mol. The van der Waals surface area contributed by atoms with Gasteiger partial charge in [-0.1, -0.05) is 29.8 Å². The Kier molecular flexibility index (Phi) is 5.61. The van der Waals surface area contributed by atoms with Gasteiger partial charge < -0.3 is 20.9 Å². The summed E-state index contributed by atoms with van der Waals surface area (Å²) in [5, 5.41) is 8.99. The molecule has 2 aromatic rings. The van der Waals surface area contributed by atoms with E-state index in [1.165, 1.54) is 0 Å². The maximum absolute atomic E-state index is 13.1. The van der Waals surface area contributed by atoms with E-state index in [1.807, 2.05) is 56.3 Å². The van der Waals surface area contributed by atoms with Crippen LogP contribution < -0.4 is 20.9 Å². The number of aryl methyl sites for hydroxylation is 1. The molecule has 7 heteroatoms. The number of halogens is 1. The van der Waals surface area contributed by atoms with Gasteiger partial charge in [-0.25, -0.2) is 4.79 Å². The number of nitrogens with one attached hydrogen (secondary N) is 3. The van der Waals surface area contributed by atoms with Gasteiger partial charge in [0.25, 0.3) is 5.91 Å². The molecule has 0 fully saturated rings. The van der Waals surface area contributed by atoms with Gasteiger partial charge >= 0.3 is 6.03 Å². The number of allylic oxidation sites excluding steroid dienone is 1. The minimum atomic E-state index is -0.551. The lowest BCUT2D eigenvalue weighted by Gasteiger charge is -2.29. The summed E-state index contributed by atoms with van der Waals surface area (Å²) in [6, 6.07) is 12.2. The monoisotopic (exact) mass is 398 g/mol. The van der Waals surface area contributed by atoms with E-state index in [-0.39, 0.29) is 11.9 Å². The third-order valence-electron chi connectivity index (χ3n) is 4.70.